The van der Waals surface area contributed by atoms with E-state index in [0.717, 1.165) is 0 Å². The van der Waals surface area contributed by atoms with Crippen LogP contribution in [0.25, 0.3) is 11.5 Å². The average molecular weight is 372 g/mol. The summed E-state index contributed by atoms with van der Waals surface area (Å²) in [6.45, 7) is 2.03. The van der Waals surface area contributed by atoms with Gasteiger partial charge < -0.3 is 14.5 Å². The SMILES string of the molecule is CCOC(=O)c1ccc(NC(=O)c2nnc(-c3ccc(Cl)cc3)o2)cc1. The first kappa shape index (κ1) is 17.6. The lowest BCUT2D eigenvalue weighted by molar-refractivity contribution is 0.0526. The van der Waals surface area contributed by atoms with Crippen LogP contribution >= 0.6 is 11.6 Å². The number of anilines is 1. The van der Waals surface area contributed by atoms with Gasteiger partial charge in [-0.15, -0.1) is 10.2 Å². The predicted molar refractivity (Wildman–Crippen MR) is 95.1 cm³/mol. The molecule has 1 amide bonds. The molecule has 1 N–H and O–H groups in total. The van der Waals surface area contributed by atoms with Gasteiger partial charge in [0, 0.05) is 16.3 Å². The fourth-order valence-corrected chi connectivity index (χ4v) is 2.24. The van der Waals surface area contributed by atoms with Gasteiger partial charge in [0.2, 0.25) is 5.89 Å². The summed E-state index contributed by atoms with van der Waals surface area (Å²) in [7, 11) is 0. The van der Waals surface area contributed by atoms with Crippen molar-refractivity contribution in [3.8, 4) is 11.5 Å². The lowest BCUT2D eigenvalue weighted by Gasteiger charge is -2.04. The molecule has 132 valence electrons. The van der Waals surface area contributed by atoms with Crippen molar-refractivity contribution in [1.29, 1.82) is 0 Å². The van der Waals surface area contributed by atoms with E-state index in [2.05, 4.69) is 15.5 Å². The molecule has 0 atom stereocenters. The third-order valence-corrected chi connectivity index (χ3v) is 3.62. The number of aromatic nitrogens is 2. The largest absolute Gasteiger partial charge is 0.462 e. The Labute approximate surface area is 153 Å². The fraction of sp³-hybridized carbons (Fsp3) is 0.111. The summed E-state index contributed by atoms with van der Waals surface area (Å²) < 4.78 is 10.3. The number of esters is 1. The maximum atomic E-state index is 12.2. The smallest absolute Gasteiger partial charge is 0.338 e. The minimum atomic E-state index is -0.554. The number of nitrogens with zero attached hydrogens (tertiary/aromatic N) is 2. The average Bonchev–Trinajstić information content (AvgIpc) is 3.13. The van der Waals surface area contributed by atoms with Gasteiger partial charge in [-0.3, -0.25) is 4.79 Å². The molecular formula is C18H14ClN3O4. The Hall–Kier alpha value is -3.19. The minimum Gasteiger partial charge on any atom is -0.462 e. The summed E-state index contributed by atoms with van der Waals surface area (Å²) in [5.74, 6) is -0.939. The summed E-state index contributed by atoms with van der Waals surface area (Å²) in [5, 5.41) is 10.8. The number of benzene rings is 2. The standard InChI is InChI=1S/C18H14ClN3O4/c1-2-25-18(24)12-5-9-14(10-6-12)20-15(23)17-22-21-16(26-17)11-3-7-13(19)8-4-11/h3-10H,2H2,1H3,(H,20,23). The van der Waals surface area contributed by atoms with Gasteiger partial charge in [-0.2, -0.15) is 0 Å². The Morgan fingerprint density at radius 1 is 1.08 bits per heavy atom. The fourth-order valence-electron chi connectivity index (χ4n) is 2.11. The van der Waals surface area contributed by atoms with Crippen LogP contribution in [-0.2, 0) is 4.74 Å². The van der Waals surface area contributed by atoms with Crippen LogP contribution in [0.5, 0.6) is 0 Å². The van der Waals surface area contributed by atoms with Gasteiger partial charge in [0.1, 0.15) is 0 Å². The Kier molecular flexibility index (Phi) is 5.28. The molecule has 7 nitrogen and oxygen atoms in total. The van der Waals surface area contributed by atoms with E-state index in [0.29, 0.717) is 28.4 Å². The molecule has 1 heterocycles. The normalized spacial score (nSPS) is 10.4. The van der Waals surface area contributed by atoms with E-state index in [-0.39, 0.29) is 11.8 Å². The zero-order chi connectivity index (χ0) is 18.5. The van der Waals surface area contributed by atoms with Gasteiger partial charge in [-0.25, -0.2) is 4.79 Å². The minimum absolute atomic E-state index is 0.176. The zero-order valence-electron chi connectivity index (χ0n) is 13.7. The number of ether oxygens (including phenoxy) is 1. The van der Waals surface area contributed by atoms with E-state index in [1.54, 1.807) is 55.5 Å². The molecule has 0 aliphatic heterocycles. The van der Waals surface area contributed by atoms with E-state index in [1.807, 2.05) is 0 Å². The van der Waals surface area contributed by atoms with Crippen LogP contribution < -0.4 is 5.32 Å². The summed E-state index contributed by atoms with van der Waals surface area (Å²) in [6.07, 6.45) is 0. The van der Waals surface area contributed by atoms with E-state index >= 15 is 0 Å². The lowest BCUT2D eigenvalue weighted by Crippen LogP contribution is -2.12. The molecule has 0 saturated carbocycles. The van der Waals surface area contributed by atoms with Crippen LogP contribution in [0.3, 0.4) is 0 Å². The molecule has 26 heavy (non-hydrogen) atoms. The number of carbonyl (C=O) groups is 2. The van der Waals surface area contributed by atoms with E-state index in [4.69, 9.17) is 20.8 Å². The van der Waals surface area contributed by atoms with Gasteiger partial charge in [-0.05, 0) is 55.5 Å². The number of hydrogen-bond donors (Lipinski definition) is 1. The van der Waals surface area contributed by atoms with Crippen molar-refractivity contribution in [2.75, 3.05) is 11.9 Å². The Morgan fingerprint density at radius 3 is 2.42 bits per heavy atom. The summed E-state index contributed by atoms with van der Waals surface area (Å²) in [5.41, 5.74) is 1.53. The molecule has 8 heteroatoms. The van der Waals surface area contributed by atoms with Crippen molar-refractivity contribution in [3.63, 3.8) is 0 Å². The molecule has 0 saturated heterocycles. The first-order chi connectivity index (χ1) is 12.6. The van der Waals surface area contributed by atoms with Gasteiger partial charge in [-0.1, -0.05) is 11.6 Å². The van der Waals surface area contributed by atoms with Crippen molar-refractivity contribution in [3.05, 3.63) is 65.0 Å². The molecule has 1 aromatic heterocycles. The molecule has 0 aliphatic rings. The lowest BCUT2D eigenvalue weighted by atomic mass is 10.2. The number of rotatable bonds is 5. The molecule has 0 radical (unpaired) electrons. The van der Waals surface area contributed by atoms with E-state index in [1.165, 1.54) is 0 Å². The van der Waals surface area contributed by atoms with Crippen LogP contribution in [0.2, 0.25) is 5.02 Å². The van der Waals surface area contributed by atoms with Gasteiger partial charge in [0.15, 0.2) is 0 Å². The van der Waals surface area contributed by atoms with Crippen LogP contribution in [0, 0.1) is 0 Å². The second-order valence-corrected chi connectivity index (χ2v) is 5.61. The molecule has 0 spiro atoms. The Morgan fingerprint density at radius 2 is 1.77 bits per heavy atom. The number of carbonyl (C=O) groups excluding carboxylic acids is 2. The number of nitrogens with one attached hydrogen (secondary N) is 1. The first-order valence-electron chi connectivity index (χ1n) is 7.75. The Balaban J connectivity index is 1.68. The van der Waals surface area contributed by atoms with Gasteiger partial charge >= 0.3 is 17.8 Å². The quantitative estimate of drug-likeness (QED) is 0.685. The van der Waals surface area contributed by atoms with Crippen molar-refractivity contribution < 1.29 is 18.7 Å². The molecule has 2 aromatic carbocycles. The molecule has 0 unspecified atom stereocenters. The second kappa shape index (κ2) is 7.79. The zero-order valence-corrected chi connectivity index (χ0v) is 14.5. The first-order valence-corrected chi connectivity index (χ1v) is 8.12. The van der Waals surface area contributed by atoms with Gasteiger partial charge in [0.25, 0.3) is 0 Å². The number of halogens is 1. The third kappa shape index (κ3) is 4.07. The van der Waals surface area contributed by atoms with Gasteiger partial charge in [0.05, 0.1) is 12.2 Å². The van der Waals surface area contributed by atoms with Crippen molar-refractivity contribution >= 4 is 29.2 Å². The summed E-state index contributed by atoms with van der Waals surface area (Å²) in [4.78, 5) is 23.8. The van der Waals surface area contributed by atoms with Crippen LogP contribution in [0.1, 0.15) is 28.0 Å². The molecule has 0 aliphatic carbocycles. The maximum Gasteiger partial charge on any atom is 0.338 e. The van der Waals surface area contributed by atoms with Crippen molar-refractivity contribution in [2.24, 2.45) is 0 Å². The maximum absolute atomic E-state index is 12.2. The number of hydrogen-bond acceptors (Lipinski definition) is 6. The predicted octanol–water partition coefficient (Wildman–Crippen LogP) is 3.82. The van der Waals surface area contributed by atoms with Crippen LogP contribution in [-0.4, -0.2) is 28.7 Å². The van der Waals surface area contributed by atoms with Crippen LogP contribution in [0.4, 0.5) is 5.69 Å². The summed E-state index contributed by atoms with van der Waals surface area (Å²) in [6, 6.07) is 13.1. The van der Waals surface area contributed by atoms with E-state index < -0.39 is 11.9 Å². The molecule has 0 bridgehead atoms. The molecular weight excluding hydrogens is 358 g/mol. The highest BCUT2D eigenvalue weighted by atomic mass is 35.5. The highest BCUT2D eigenvalue weighted by Gasteiger charge is 2.16. The highest BCUT2D eigenvalue weighted by molar-refractivity contribution is 6.30. The second-order valence-electron chi connectivity index (χ2n) is 5.17. The summed E-state index contributed by atoms with van der Waals surface area (Å²) >= 11 is 5.83. The third-order valence-electron chi connectivity index (χ3n) is 3.36. The topological polar surface area (TPSA) is 94.3 Å². The molecule has 3 rings (SSSR count). The van der Waals surface area contributed by atoms with Crippen LogP contribution in [0.15, 0.2) is 52.9 Å². The number of amides is 1. The monoisotopic (exact) mass is 371 g/mol. The van der Waals surface area contributed by atoms with E-state index in [9.17, 15) is 9.59 Å². The van der Waals surface area contributed by atoms with Crippen molar-refractivity contribution in [2.45, 2.75) is 6.92 Å². The highest BCUT2D eigenvalue weighted by Crippen LogP contribution is 2.20. The molecule has 0 fully saturated rings. The van der Waals surface area contributed by atoms with Crippen molar-refractivity contribution in [1.82, 2.24) is 10.2 Å². The molecule has 3 aromatic rings. The Bertz CT molecular complexity index is 920.